The number of hydrogen-bond donors (Lipinski definition) is 2. The number of aliphatic hydroxyl groups is 1. The fourth-order valence-corrected chi connectivity index (χ4v) is 2.54. The van der Waals surface area contributed by atoms with Gasteiger partial charge in [-0.05, 0) is 36.8 Å². The van der Waals surface area contributed by atoms with Crippen molar-refractivity contribution in [3.63, 3.8) is 0 Å². The number of benzene rings is 1. The second kappa shape index (κ2) is 6.58. The number of nitrogens with one attached hydrogen (secondary N) is 1. The predicted octanol–water partition coefficient (Wildman–Crippen LogP) is 3.31. The third-order valence-electron chi connectivity index (χ3n) is 2.59. The van der Waals surface area contributed by atoms with E-state index in [9.17, 15) is 4.79 Å². The van der Waals surface area contributed by atoms with Gasteiger partial charge in [0.1, 0.15) is 6.61 Å². The van der Waals surface area contributed by atoms with Crippen LogP contribution in [0.4, 0.5) is 5.69 Å². The lowest BCUT2D eigenvalue weighted by molar-refractivity contribution is 0.103. The zero-order valence-corrected chi connectivity index (χ0v) is 12.3. The van der Waals surface area contributed by atoms with E-state index in [1.807, 2.05) is 19.1 Å². The number of hydrogen-bond acceptors (Lipinski definition) is 3. The van der Waals surface area contributed by atoms with Crippen molar-refractivity contribution in [1.29, 1.82) is 0 Å². The molecule has 5 heteroatoms. The number of aryl methyl sites for hydroxylation is 1. The summed E-state index contributed by atoms with van der Waals surface area (Å²) in [4.78, 5) is 12.6. The van der Waals surface area contributed by atoms with Gasteiger partial charge in [-0.15, -0.1) is 11.3 Å². The summed E-state index contributed by atoms with van der Waals surface area (Å²) < 4.78 is 0.577. The lowest BCUT2D eigenvalue weighted by atomic mass is 10.1. The van der Waals surface area contributed by atoms with E-state index in [0.717, 1.165) is 11.1 Å². The van der Waals surface area contributed by atoms with Gasteiger partial charge in [-0.2, -0.15) is 0 Å². The zero-order valence-electron chi connectivity index (χ0n) is 10.7. The molecule has 0 aliphatic rings. The number of carbonyl (C=O) groups excluding carboxylic acids is 1. The Morgan fingerprint density at radius 2 is 2.20 bits per heavy atom. The average Bonchev–Trinajstić information content (AvgIpc) is 2.86. The van der Waals surface area contributed by atoms with E-state index in [1.54, 1.807) is 18.2 Å². The van der Waals surface area contributed by atoms with E-state index in [1.165, 1.54) is 11.3 Å². The molecule has 1 amide bonds. The topological polar surface area (TPSA) is 49.3 Å². The summed E-state index contributed by atoms with van der Waals surface area (Å²) in [5.41, 5.74) is 2.43. The fraction of sp³-hybridized carbons (Fsp3) is 0.133. The number of anilines is 1. The SMILES string of the molecule is Cc1ccc(NC(=O)c2ccc(Cl)s2)cc1C#CCO. The summed E-state index contributed by atoms with van der Waals surface area (Å²) in [5.74, 6) is 5.25. The van der Waals surface area contributed by atoms with Gasteiger partial charge in [0.05, 0.1) is 9.21 Å². The predicted molar refractivity (Wildman–Crippen MR) is 82.4 cm³/mol. The molecule has 0 unspecified atom stereocenters. The molecule has 1 aromatic carbocycles. The van der Waals surface area contributed by atoms with Crippen molar-refractivity contribution < 1.29 is 9.90 Å². The van der Waals surface area contributed by atoms with Crippen LogP contribution in [-0.2, 0) is 0 Å². The summed E-state index contributed by atoms with van der Waals surface area (Å²) in [6.07, 6.45) is 0. The standard InChI is InChI=1S/C15H12ClNO2S/c1-10-4-5-12(9-11(10)3-2-8-18)17-15(19)13-6-7-14(16)20-13/h4-7,9,18H,8H2,1H3,(H,17,19). The first-order chi connectivity index (χ1) is 9.60. The quantitative estimate of drug-likeness (QED) is 0.836. The van der Waals surface area contributed by atoms with Gasteiger partial charge in [-0.1, -0.05) is 29.5 Å². The maximum atomic E-state index is 12.0. The Morgan fingerprint density at radius 1 is 1.40 bits per heavy atom. The van der Waals surface area contributed by atoms with Gasteiger partial charge in [-0.3, -0.25) is 4.79 Å². The van der Waals surface area contributed by atoms with Crippen molar-refractivity contribution in [3.05, 3.63) is 50.7 Å². The fourth-order valence-electron chi connectivity index (χ4n) is 1.60. The highest BCUT2D eigenvalue weighted by atomic mass is 35.5. The van der Waals surface area contributed by atoms with Gasteiger partial charge in [-0.25, -0.2) is 0 Å². The molecular weight excluding hydrogens is 294 g/mol. The lowest BCUT2D eigenvalue weighted by Crippen LogP contribution is -2.10. The lowest BCUT2D eigenvalue weighted by Gasteiger charge is -2.06. The molecule has 2 N–H and O–H groups in total. The van der Waals surface area contributed by atoms with Crippen LogP contribution in [0.2, 0.25) is 4.34 Å². The van der Waals surface area contributed by atoms with Gasteiger partial charge in [0.25, 0.3) is 5.91 Å². The third-order valence-corrected chi connectivity index (χ3v) is 3.82. The van der Waals surface area contributed by atoms with Crippen LogP contribution >= 0.6 is 22.9 Å². The van der Waals surface area contributed by atoms with Gasteiger partial charge < -0.3 is 10.4 Å². The summed E-state index contributed by atoms with van der Waals surface area (Å²) in [7, 11) is 0. The second-order valence-electron chi connectivity index (χ2n) is 4.05. The van der Waals surface area contributed by atoms with Gasteiger partial charge in [0.15, 0.2) is 0 Å². The zero-order chi connectivity index (χ0) is 14.5. The van der Waals surface area contributed by atoms with Crippen LogP contribution in [0.1, 0.15) is 20.8 Å². The third kappa shape index (κ3) is 3.61. The summed E-state index contributed by atoms with van der Waals surface area (Å²) >= 11 is 7.04. The molecule has 0 radical (unpaired) electrons. The van der Waals surface area contributed by atoms with Crippen molar-refractivity contribution in [2.75, 3.05) is 11.9 Å². The van der Waals surface area contributed by atoms with Crippen LogP contribution < -0.4 is 5.32 Å². The Kier molecular flexibility index (Phi) is 4.80. The molecule has 1 heterocycles. The van der Waals surface area contributed by atoms with E-state index in [4.69, 9.17) is 16.7 Å². The largest absolute Gasteiger partial charge is 0.384 e. The first kappa shape index (κ1) is 14.6. The van der Waals surface area contributed by atoms with E-state index < -0.39 is 0 Å². The number of halogens is 1. The van der Waals surface area contributed by atoms with Crippen LogP contribution in [0.25, 0.3) is 0 Å². The van der Waals surface area contributed by atoms with Gasteiger partial charge >= 0.3 is 0 Å². The van der Waals surface area contributed by atoms with Crippen molar-refractivity contribution >= 4 is 34.5 Å². The van der Waals surface area contributed by atoms with E-state index >= 15 is 0 Å². The number of aliphatic hydroxyl groups excluding tert-OH is 1. The molecule has 0 atom stereocenters. The molecular formula is C15H12ClNO2S. The van der Waals surface area contributed by atoms with Crippen LogP contribution in [0.3, 0.4) is 0 Å². The van der Waals surface area contributed by atoms with Crippen LogP contribution in [0.15, 0.2) is 30.3 Å². The molecule has 0 aliphatic heterocycles. The molecule has 0 spiro atoms. The summed E-state index contributed by atoms with van der Waals surface area (Å²) in [6, 6.07) is 8.84. The highest BCUT2D eigenvalue weighted by Gasteiger charge is 2.09. The molecule has 2 rings (SSSR count). The molecule has 102 valence electrons. The molecule has 0 bridgehead atoms. The van der Waals surface area contributed by atoms with E-state index in [0.29, 0.717) is 14.9 Å². The second-order valence-corrected chi connectivity index (χ2v) is 5.76. The van der Waals surface area contributed by atoms with Gasteiger partial charge in [0, 0.05) is 11.3 Å². The highest BCUT2D eigenvalue weighted by Crippen LogP contribution is 2.23. The van der Waals surface area contributed by atoms with Crippen molar-refractivity contribution in [2.45, 2.75) is 6.92 Å². The molecule has 0 fully saturated rings. The Hall–Kier alpha value is -1.80. The minimum atomic E-state index is -0.202. The van der Waals surface area contributed by atoms with E-state index in [2.05, 4.69) is 17.2 Å². The number of rotatable bonds is 2. The molecule has 0 aliphatic carbocycles. The molecule has 1 aromatic heterocycles. The molecule has 20 heavy (non-hydrogen) atoms. The first-order valence-electron chi connectivity index (χ1n) is 5.87. The Labute approximate surface area is 126 Å². The van der Waals surface area contributed by atoms with Crippen molar-refractivity contribution in [2.24, 2.45) is 0 Å². The normalized spacial score (nSPS) is 9.75. The minimum absolute atomic E-state index is 0.191. The maximum absolute atomic E-state index is 12.0. The molecule has 3 nitrogen and oxygen atoms in total. The van der Waals surface area contributed by atoms with Crippen molar-refractivity contribution in [3.8, 4) is 11.8 Å². The molecule has 0 saturated carbocycles. The van der Waals surface area contributed by atoms with E-state index in [-0.39, 0.29) is 12.5 Å². The smallest absolute Gasteiger partial charge is 0.265 e. The average molecular weight is 306 g/mol. The number of carbonyl (C=O) groups is 1. The molecule has 0 saturated heterocycles. The summed E-state index contributed by atoms with van der Waals surface area (Å²) in [6.45, 7) is 1.73. The minimum Gasteiger partial charge on any atom is -0.384 e. The van der Waals surface area contributed by atoms with Crippen LogP contribution in [-0.4, -0.2) is 17.6 Å². The summed E-state index contributed by atoms with van der Waals surface area (Å²) in [5, 5.41) is 11.5. The molecule has 2 aromatic rings. The van der Waals surface area contributed by atoms with Crippen LogP contribution in [0.5, 0.6) is 0 Å². The first-order valence-corrected chi connectivity index (χ1v) is 7.06. The Morgan fingerprint density at radius 3 is 2.85 bits per heavy atom. The Balaban J connectivity index is 2.19. The monoisotopic (exact) mass is 305 g/mol. The number of thiophene rings is 1. The number of amides is 1. The highest BCUT2D eigenvalue weighted by molar-refractivity contribution is 7.18. The van der Waals surface area contributed by atoms with Crippen LogP contribution in [0, 0.1) is 18.8 Å². The Bertz CT molecular complexity index is 697. The van der Waals surface area contributed by atoms with Crippen molar-refractivity contribution in [1.82, 2.24) is 0 Å². The maximum Gasteiger partial charge on any atom is 0.265 e. The van der Waals surface area contributed by atoms with Gasteiger partial charge in [0.2, 0.25) is 0 Å².